The normalized spacial score (nSPS) is 17.6. The van der Waals surface area contributed by atoms with Crippen molar-refractivity contribution >= 4 is 5.91 Å². The van der Waals surface area contributed by atoms with Crippen LogP contribution in [0.4, 0.5) is 4.39 Å². The fourth-order valence-electron chi connectivity index (χ4n) is 2.59. The molecule has 1 aliphatic rings. The van der Waals surface area contributed by atoms with Gasteiger partial charge in [0.15, 0.2) is 0 Å². The molecular formula is C16H23FN2O2. The summed E-state index contributed by atoms with van der Waals surface area (Å²) >= 11 is 0. The number of amides is 1. The van der Waals surface area contributed by atoms with Crippen LogP contribution in [0, 0.1) is 11.2 Å². The van der Waals surface area contributed by atoms with Gasteiger partial charge in [0.05, 0.1) is 6.61 Å². The Morgan fingerprint density at radius 1 is 1.48 bits per heavy atom. The number of nitrogens with one attached hydrogen (secondary N) is 1. The Balaban J connectivity index is 2.03. The third kappa shape index (κ3) is 4.02. The second-order valence-electron chi connectivity index (χ2n) is 6.07. The Morgan fingerprint density at radius 3 is 2.71 bits per heavy atom. The topological polar surface area (TPSA) is 41.6 Å². The fourth-order valence-corrected chi connectivity index (χ4v) is 2.59. The third-order valence-electron chi connectivity index (χ3n) is 3.97. The van der Waals surface area contributed by atoms with Gasteiger partial charge in [-0.2, -0.15) is 0 Å². The summed E-state index contributed by atoms with van der Waals surface area (Å²) in [5.41, 5.74) is 0.762. The molecule has 1 aliphatic carbocycles. The molecule has 1 amide bonds. The van der Waals surface area contributed by atoms with Gasteiger partial charge < -0.3 is 10.1 Å². The molecule has 0 aromatic heterocycles. The summed E-state index contributed by atoms with van der Waals surface area (Å²) in [4.78, 5) is 14.3. The summed E-state index contributed by atoms with van der Waals surface area (Å²) in [7, 11) is 5.31. The van der Waals surface area contributed by atoms with E-state index in [-0.39, 0.29) is 17.1 Å². The second-order valence-corrected chi connectivity index (χ2v) is 6.07. The molecule has 116 valence electrons. The van der Waals surface area contributed by atoms with Crippen LogP contribution in [0.25, 0.3) is 0 Å². The fraction of sp³-hybridized carbons (Fsp3) is 0.562. The number of carbonyl (C=O) groups excluding carboxylic acids is 1. The molecule has 0 saturated heterocycles. The number of rotatable bonds is 7. The van der Waals surface area contributed by atoms with Gasteiger partial charge in [-0.1, -0.05) is 12.1 Å². The van der Waals surface area contributed by atoms with Gasteiger partial charge in [-0.05, 0) is 44.6 Å². The average Bonchev–Trinajstić information content (AvgIpc) is 3.17. The first kappa shape index (κ1) is 15.9. The highest BCUT2D eigenvalue weighted by atomic mass is 19.1. The van der Waals surface area contributed by atoms with E-state index >= 15 is 0 Å². The maximum atomic E-state index is 13.4. The minimum Gasteiger partial charge on any atom is -0.384 e. The molecule has 1 aromatic rings. The smallest absolute Gasteiger partial charge is 0.241 e. The van der Waals surface area contributed by atoms with Crippen LogP contribution in [0.5, 0.6) is 0 Å². The number of likely N-dealkylation sites (N-methyl/N-ethyl adjacent to an activating group) is 1. The Bertz CT molecular complexity index is 501. The highest BCUT2D eigenvalue weighted by Gasteiger charge is 2.43. The van der Waals surface area contributed by atoms with E-state index in [1.807, 2.05) is 14.1 Å². The Morgan fingerprint density at radius 2 is 2.19 bits per heavy atom. The quantitative estimate of drug-likeness (QED) is 0.836. The molecule has 1 aromatic carbocycles. The van der Waals surface area contributed by atoms with E-state index in [0.717, 1.165) is 12.8 Å². The van der Waals surface area contributed by atoms with Crippen LogP contribution in [0.1, 0.15) is 24.4 Å². The third-order valence-corrected chi connectivity index (χ3v) is 3.97. The minimum atomic E-state index is -0.487. The number of nitrogens with zero attached hydrogens (tertiary/aromatic N) is 1. The van der Waals surface area contributed by atoms with Crippen molar-refractivity contribution in [2.75, 3.05) is 34.4 Å². The molecule has 21 heavy (non-hydrogen) atoms. The Hall–Kier alpha value is -1.46. The number of benzene rings is 1. The van der Waals surface area contributed by atoms with Gasteiger partial charge in [0.2, 0.25) is 5.91 Å². The van der Waals surface area contributed by atoms with Crippen molar-refractivity contribution in [1.29, 1.82) is 0 Å². The maximum absolute atomic E-state index is 13.4. The zero-order valence-electron chi connectivity index (χ0n) is 12.9. The lowest BCUT2D eigenvalue weighted by Gasteiger charge is -2.25. The number of hydrogen-bond acceptors (Lipinski definition) is 3. The molecule has 0 radical (unpaired) electrons. The summed E-state index contributed by atoms with van der Waals surface area (Å²) in [6.07, 6.45) is 2.15. The lowest BCUT2D eigenvalue weighted by atomic mass is 10.0. The molecule has 0 aliphatic heterocycles. The molecule has 1 N–H and O–H groups in total. The molecule has 1 saturated carbocycles. The van der Waals surface area contributed by atoms with Gasteiger partial charge in [0, 0.05) is 19.1 Å². The molecule has 0 heterocycles. The molecule has 0 spiro atoms. The molecule has 2 rings (SSSR count). The van der Waals surface area contributed by atoms with Crippen molar-refractivity contribution in [2.24, 2.45) is 5.41 Å². The Labute approximate surface area is 125 Å². The van der Waals surface area contributed by atoms with Crippen molar-refractivity contribution in [1.82, 2.24) is 10.2 Å². The molecule has 0 bridgehead atoms. The first-order valence-electron chi connectivity index (χ1n) is 7.16. The molecule has 0 unspecified atom stereocenters. The van der Waals surface area contributed by atoms with Gasteiger partial charge in [0.25, 0.3) is 0 Å². The van der Waals surface area contributed by atoms with Crippen molar-refractivity contribution in [2.45, 2.75) is 18.9 Å². The van der Waals surface area contributed by atoms with E-state index in [1.54, 1.807) is 24.1 Å². The predicted molar refractivity (Wildman–Crippen MR) is 79.4 cm³/mol. The number of ether oxygens (including phenoxy) is 1. The van der Waals surface area contributed by atoms with Crippen LogP contribution in [0.2, 0.25) is 0 Å². The second kappa shape index (κ2) is 6.54. The van der Waals surface area contributed by atoms with Crippen molar-refractivity contribution in [3.05, 3.63) is 35.6 Å². The van der Waals surface area contributed by atoms with Gasteiger partial charge in [0.1, 0.15) is 11.9 Å². The molecule has 1 fully saturated rings. The lowest BCUT2D eigenvalue weighted by Crippen LogP contribution is -2.40. The van der Waals surface area contributed by atoms with E-state index in [4.69, 9.17) is 4.74 Å². The molecule has 5 heteroatoms. The number of halogens is 1. The number of methoxy groups -OCH3 is 1. The number of carbonyl (C=O) groups is 1. The predicted octanol–water partition coefficient (Wildman–Crippen LogP) is 1.97. The van der Waals surface area contributed by atoms with E-state index in [1.165, 1.54) is 12.1 Å². The summed E-state index contributed by atoms with van der Waals surface area (Å²) < 4.78 is 18.6. The number of hydrogen-bond donors (Lipinski definition) is 1. The van der Waals surface area contributed by atoms with Gasteiger partial charge in [-0.25, -0.2) is 4.39 Å². The monoisotopic (exact) mass is 294 g/mol. The van der Waals surface area contributed by atoms with Crippen molar-refractivity contribution < 1.29 is 13.9 Å². The summed E-state index contributed by atoms with van der Waals surface area (Å²) in [5.74, 6) is -0.432. The largest absolute Gasteiger partial charge is 0.384 e. The van der Waals surface area contributed by atoms with Crippen LogP contribution < -0.4 is 5.32 Å². The van der Waals surface area contributed by atoms with E-state index < -0.39 is 6.04 Å². The lowest BCUT2D eigenvalue weighted by molar-refractivity contribution is -0.126. The zero-order valence-corrected chi connectivity index (χ0v) is 12.9. The summed E-state index contributed by atoms with van der Waals surface area (Å²) in [5, 5.41) is 2.99. The van der Waals surface area contributed by atoms with Gasteiger partial charge >= 0.3 is 0 Å². The van der Waals surface area contributed by atoms with Crippen LogP contribution in [0.15, 0.2) is 24.3 Å². The van der Waals surface area contributed by atoms with E-state index in [9.17, 15) is 9.18 Å². The highest BCUT2D eigenvalue weighted by molar-refractivity contribution is 5.83. The Kier molecular flexibility index (Phi) is 4.96. The van der Waals surface area contributed by atoms with Crippen molar-refractivity contribution in [3.8, 4) is 0 Å². The molecule has 1 atom stereocenters. The SMILES string of the molecule is COCC1(CNC(=O)[C@H](c2cccc(F)c2)N(C)C)CC1. The highest BCUT2D eigenvalue weighted by Crippen LogP contribution is 2.45. The first-order chi connectivity index (χ1) is 9.97. The van der Waals surface area contributed by atoms with Crippen LogP contribution in [-0.4, -0.2) is 45.2 Å². The van der Waals surface area contributed by atoms with Gasteiger partial charge in [-0.3, -0.25) is 9.69 Å². The van der Waals surface area contributed by atoms with Crippen LogP contribution >= 0.6 is 0 Å². The van der Waals surface area contributed by atoms with Crippen LogP contribution in [-0.2, 0) is 9.53 Å². The minimum absolute atomic E-state index is 0.100. The standard InChI is InChI=1S/C16H23FN2O2/c1-19(2)14(12-5-4-6-13(17)9-12)15(20)18-10-16(7-8-16)11-21-3/h4-6,9,14H,7-8,10-11H2,1-3H3,(H,18,20)/t14-/m0/s1. The average molecular weight is 294 g/mol. The molecular weight excluding hydrogens is 271 g/mol. The molecule has 4 nitrogen and oxygen atoms in total. The first-order valence-corrected chi connectivity index (χ1v) is 7.16. The van der Waals surface area contributed by atoms with Crippen molar-refractivity contribution in [3.63, 3.8) is 0 Å². The summed E-state index contributed by atoms with van der Waals surface area (Å²) in [6, 6.07) is 5.70. The summed E-state index contributed by atoms with van der Waals surface area (Å²) in [6.45, 7) is 1.28. The zero-order chi connectivity index (χ0) is 15.5. The maximum Gasteiger partial charge on any atom is 0.241 e. The van der Waals surface area contributed by atoms with E-state index in [0.29, 0.717) is 18.7 Å². The van der Waals surface area contributed by atoms with Gasteiger partial charge in [-0.15, -0.1) is 0 Å². The van der Waals surface area contributed by atoms with Crippen LogP contribution in [0.3, 0.4) is 0 Å². The van der Waals surface area contributed by atoms with E-state index in [2.05, 4.69) is 5.32 Å².